The van der Waals surface area contributed by atoms with Gasteiger partial charge in [0, 0.05) is 27.9 Å². The van der Waals surface area contributed by atoms with Gasteiger partial charge in [0.2, 0.25) is 0 Å². The molecule has 0 spiro atoms. The highest BCUT2D eigenvalue weighted by Gasteiger charge is 2.40. The number of anilines is 1. The highest BCUT2D eigenvalue weighted by molar-refractivity contribution is 6.36. The van der Waals surface area contributed by atoms with Gasteiger partial charge in [-0.25, -0.2) is 10.6 Å². The number of nitrogens with zero attached hydrogens (tertiary/aromatic N) is 1. The Balaban J connectivity index is 1.92. The first-order chi connectivity index (χ1) is 13.3. The van der Waals surface area contributed by atoms with Crippen LogP contribution < -0.4 is 16.6 Å². The van der Waals surface area contributed by atoms with E-state index in [1.807, 2.05) is 24.3 Å². The minimum Gasteiger partial charge on any atom is -0.480 e. The Labute approximate surface area is 173 Å². The summed E-state index contributed by atoms with van der Waals surface area (Å²) in [5, 5.41) is 11.3. The fourth-order valence-corrected chi connectivity index (χ4v) is 4.19. The van der Waals surface area contributed by atoms with Crippen molar-refractivity contribution in [1.82, 2.24) is 0 Å². The van der Waals surface area contributed by atoms with Crippen molar-refractivity contribution >= 4 is 40.6 Å². The molecule has 0 saturated heterocycles. The van der Waals surface area contributed by atoms with Gasteiger partial charge in [0.05, 0.1) is 5.69 Å². The maximum absolute atomic E-state index is 13.1. The summed E-state index contributed by atoms with van der Waals surface area (Å²) in [6.07, 6.45) is 0.986. The number of fused-ring (bicyclic) bond motifs is 1. The quantitative estimate of drug-likeness (QED) is 0.618. The Morgan fingerprint density at radius 2 is 1.79 bits per heavy atom. The molecule has 1 aliphatic rings. The average Bonchev–Trinajstić information content (AvgIpc) is 2.64. The van der Waals surface area contributed by atoms with E-state index in [9.17, 15) is 14.7 Å². The molecule has 0 aliphatic carbocycles. The summed E-state index contributed by atoms with van der Waals surface area (Å²) < 4.78 is 0. The van der Waals surface area contributed by atoms with E-state index < -0.39 is 17.9 Å². The Bertz CT molecular complexity index is 902. The van der Waals surface area contributed by atoms with Gasteiger partial charge in [0.25, 0.3) is 0 Å². The molecule has 0 saturated carbocycles. The number of hydrazine groups is 1. The fourth-order valence-electron chi connectivity index (χ4n) is 3.58. The molecule has 0 amide bonds. The number of hydrogen-bond donors (Lipinski definition) is 3. The molecular weight excluding hydrogens is 401 g/mol. The molecule has 0 aromatic heterocycles. The number of ketones is 1. The van der Waals surface area contributed by atoms with E-state index in [4.69, 9.17) is 34.8 Å². The van der Waals surface area contributed by atoms with E-state index in [2.05, 4.69) is 0 Å². The van der Waals surface area contributed by atoms with Crippen molar-refractivity contribution in [3.05, 3.63) is 63.1 Å². The third kappa shape index (κ3) is 4.15. The normalized spacial score (nSPS) is 18.6. The van der Waals surface area contributed by atoms with Crippen molar-refractivity contribution in [2.45, 2.75) is 31.2 Å². The van der Waals surface area contributed by atoms with Crippen LogP contribution in [0, 0.1) is 0 Å². The van der Waals surface area contributed by atoms with E-state index >= 15 is 0 Å². The molecule has 1 heterocycles. The molecule has 0 fully saturated rings. The zero-order valence-corrected chi connectivity index (χ0v) is 16.6. The molecule has 0 radical (unpaired) electrons. The first-order valence-electron chi connectivity index (χ1n) is 8.88. The van der Waals surface area contributed by atoms with Crippen LogP contribution in [0.3, 0.4) is 0 Å². The highest BCUT2D eigenvalue weighted by Crippen LogP contribution is 2.43. The molecule has 6 nitrogen and oxygen atoms in total. The average molecular weight is 422 g/mol. The fraction of sp³-hybridized carbons (Fsp3) is 0.300. The van der Waals surface area contributed by atoms with Crippen molar-refractivity contribution in [2.24, 2.45) is 11.6 Å². The van der Waals surface area contributed by atoms with Crippen molar-refractivity contribution in [2.75, 3.05) is 11.6 Å². The van der Waals surface area contributed by atoms with Crippen LogP contribution in [0.5, 0.6) is 0 Å². The standard InChI is InChI=1S/C20H21Cl2N3O3/c21-13-8-15(22)19-14(10-17(20(27)28)25(24)16(19)9-13)18(26)7-12-3-1-11(2-4-12)5-6-23/h1-4,8-9,14,17H,5-7,10,23-24H2,(H,27,28)/t14-,17-/m1/s1. The van der Waals surface area contributed by atoms with Gasteiger partial charge in [-0.15, -0.1) is 0 Å². The van der Waals surface area contributed by atoms with Gasteiger partial charge in [-0.2, -0.15) is 0 Å². The maximum atomic E-state index is 13.1. The van der Waals surface area contributed by atoms with Crippen molar-refractivity contribution in [1.29, 1.82) is 0 Å². The van der Waals surface area contributed by atoms with Crippen molar-refractivity contribution in [3.63, 3.8) is 0 Å². The van der Waals surface area contributed by atoms with Gasteiger partial charge in [-0.05, 0) is 42.6 Å². The molecule has 2 aromatic rings. The highest BCUT2D eigenvalue weighted by atomic mass is 35.5. The number of rotatable bonds is 6. The minimum atomic E-state index is -1.10. The van der Waals surface area contributed by atoms with Crippen molar-refractivity contribution < 1.29 is 14.7 Å². The lowest BCUT2D eigenvalue weighted by Crippen LogP contribution is -2.51. The number of aliphatic carboxylic acids is 1. The van der Waals surface area contributed by atoms with Gasteiger partial charge < -0.3 is 10.8 Å². The second-order valence-corrected chi connectivity index (χ2v) is 7.71. The first-order valence-corrected chi connectivity index (χ1v) is 9.63. The summed E-state index contributed by atoms with van der Waals surface area (Å²) in [4.78, 5) is 24.7. The Morgan fingerprint density at radius 3 is 2.39 bits per heavy atom. The molecule has 2 aromatic carbocycles. The zero-order chi connectivity index (χ0) is 20.4. The molecule has 148 valence electrons. The number of benzene rings is 2. The third-order valence-corrected chi connectivity index (χ3v) is 5.53. The summed E-state index contributed by atoms with van der Waals surface area (Å²) in [6, 6.07) is 9.71. The number of halogens is 2. The SMILES string of the molecule is NCCc1ccc(CC(=O)[C@H]2C[C@H](C(=O)O)N(N)c3cc(Cl)cc(Cl)c32)cc1. The van der Waals surface area contributed by atoms with Crippen LogP contribution in [-0.2, 0) is 22.4 Å². The summed E-state index contributed by atoms with van der Waals surface area (Å²) >= 11 is 12.4. The second-order valence-electron chi connectivity index (χ2n) is 6.87. The smallest absolute Gasteiger partial charge is 0.327 e. The van der Waals surface area contributed by atoms with Crippen LogP contribution in [0.4, 0.5) is 5.69 Å². The largest absolute Gasteiger partial charge is 0.480 e. The molecule has 3 rings (SSSR count). The predicted molar refractivity (Wildman–Crippen MR) is 110 cm³/mol. The summed E-state index contributed by atoms with van der Waals surface area (Å²) in [5.74, 6) is 4.11. The van der Waals surface area contributed by atoms with Crippen LogP contribution in [-0.4, -0.2) is 29.4 Å². The van der Waals surface area contributed by atoms with Gasteiger partial charge in [0.1, 0.15) is 11.8 Å². The van der Waals surface area contributed by atoms with Gasteiger partial charge in [-0.1, -0.05) is 47.5 Å². The number of Topliss-reactive ketones (excluding diaryl/α,β-unsaturated/α-hetero) is 1. The topological polar surface area (TPSA) is 110 Å². The Kier molecular flexibility index (Phi) is 6.25. The van der Waals surface area contributed by atoms with Crippen molar-refractivity contribution in [3.8, 4) is 0 Å². The molecule has 0 unspecified atom stereocenters. The van der Waals surface area contributed by atoms with E-state index in [-0.39, 0.29) is 18.6 Å². The second kappa shape index (κ2) is 8.49. The summed E-state index contributed by atoms with van der Waals surface area (Å²) in [5.41, 5.74) is 8.40. The number of carboxylic acid groups (broad SMARTS) is 1. The lowest BCUT2D eigenvalue weighted by molar-refractivity contribution is -0.139. The van der Waals surface area contributed by atoms with E-state index in [1.54, 1.807) is 12.1 Å². The van der Waals surface area contributed by atoms with E-state index in [0.717, 1.165) is 22.6 Å². The molecule has 1 aliphatic heterocycles. The lowest BCUT2D eigenvalue weighted by Gasteiger charge is -2.37. The number of hydrogen-bond acceptors (Lipinski definition) is 5. The van der Waals surface area contributed by atoms with Crippen LogP contribution in [0.15, 0.2) is 36.4 Å². The van der Waals surface area contributed by atoms with Gasteiger partial charge in [-0.3, -0.25) is 9.80 Å². The van der Waals surface area contributed by atoms with Gasteiger partial charge in [0.15, 0.2) is 0 Å². The Morgan fingerprint density at radius 1 is 1.14 bits per heavy atom. The number of carbonyl (C=O) groups is 2. The maximum Gasteiger partial charge on any atom is 0.327 e. The van der Waals surface area contributed by atoms with Gasteiger partial charge >= 0.3 is 5.97 Å². The monoisotopic (exact) mass is 421 g/mol. The van der Waals surface area contributed by atoms with Crippen LogP contribution in [0.25, 0.3) is 0 Å². The first kappa shape index (κ1) is 20.6. The van der Waals surface area contributed by atoms with Crippen LogP contribution >= 0.6 is 23.2 Å². The molecule has 8 heteroatoms. The lowest BCUT2D eigenvalue weighted by atomic mass is 9.81. The van der Waals surface area contributed by atoms with Crippen LogP contribution in [0.2, 0.25) is 10.0 Å². The minimum absolute atomic E-state index is 0.0459. The van der Waals surface area contributed by atoms with Crippen LogP contribution in [0.1, 0.15) is 29.0 Å². The number of nitrogens with two attached hydrogens (primary N) is 2. The third-order valence-electron chi connectivity index (χ3n) is 5.00. The van der Waals surface area contributed by atoms with E-state index in [1.165, 1.54) is 0 Å². The molecule has 5 N–H and O–H groups in total. The molecular formula is C20H21Cl2N3O3. The Hall–Kier alpha value is -2.12. The summed E-state index contributed by atoms with van der Waals surface area (Å²) in [6.45, 7) is 0.560. The molecule has 0 bridgehead atoms. The number of carbonyl (C=O) groups excluding carboxylic acids is 1. The van der Waals surface area contributed by atoms with E-state index in [0.29, 0.717) is 27.8 Å². The zero-order valence-electron chi connectivity index (χ0n) is 15.1. The number of carboxylic acids is 1. The molecule has 2 atom stereocenters. The molecule has 28 heavy (non-hydrogen) atoms. The summed E-state index contributed by atoms with van der Waals surface area (Å²) in [7, 11) is 0. The predicted octanol–water partition coefficient (Wildman–Crippen LogP) is 2.93.